The van der Waals surface area contributed by atoms with Gasteiger partial charge >= 0.3 is 5.97 Å². The van der Waals surface area contributed by atoms with Crippen molar-refractivity contribution in [2.45, 2.75) is 25.9 Å². The third-order valence-corrected chi connectivity index (χ3v) is 2.54. The summed E-state index contributed by atoms with van der Waals surface area (Å²) in [6.07, 6.45) is 0.710. The average Bonchev–Trinajstić information content (AvgIpc) is 2.28. The summed E-state index contributed by atoms with van der Waals surface area (Å²) in [6.45, 7) is 2.30. The van der Waals surface area contributed by atoms with Gasteiger partial charge in [0.15, 0.2) is 0 Å². The van der Waals surface area contributed by atoms with E-state index in [0.29, 0.717) is 13.0 Å². The molecule has 1 aromatic carbocycles. The van der Waals surface area contributed by atoms with Gasteiger partial charge in [-0.05, 0) is 37.9 Å². The van der Waals surface area contributed by atoms with E-state index >= 15 is 0 Å². The molecule has 1 aromatic rings. The van der Waals surface area contributed by atoms with Crippen LogP contribution in [0.4, 0.5) is 0 Å². The Balaban J connectivity index is 2.42. The van der Waals surface area contributed by atoms with Crippen molar-refractivity contribution >= 4 is 5.97 Å². The largest absolute Gasteiger partial charge is 0.491 e. The quantitative estimate of drug-likeness (QED) is 0.759. The van der Waals surface area contributed by atoms with Gasteiger partial charge in [0.2, 0.25) is 0 Å². The maximum atomic E-state index is 10.6. The third-order valence-electron chi connectivity index (χ3n) is 2.54. The van der Waals surface area contributed by atoms with Crippen LogP contribution in [0.15, 0.2) is 30.3 Å². The van der Waals surface area contributed by atoms with Gasteiger partial charge in [0.25, 0.3) is 0 Å². The number of aliphatic carboxylic acids is 1. The molecule has 2 atom stereocenters. The van der Waals surface area contributed by atoms with Crippen LogP contribution in [-0.2, 0) is 4.79 Å². The van der Waals surface area contributed by atoms with Gasteiger partial charge in [0, 0.05) is 6.42 Å². The lowest BCUT2D eigenvalue weighted by Gasteiger charge is -2.19. The molecule has 0 amide bonds. The Labute approximate surface area is 101 Å². The molecule has 0 aliphatic carbocycles. The van der Waals surface area contributed by atoms with Crippen LogP contribution in [0, 0.1) is 5.92 Å². The summed E-state index contributed by atoms with van der Waals surface area (Å²) in [7, 11) is 0. The Hall–Kier alpha value is -1.55. The number of hydrogen-bond acceptors (Lipinski definition) is 3. The molecular weight excluding hydrogens is 218 g/mol. The first-order valence-corrected chi connectivity index (χ1v) is 5.75. The van der Waals surface area contributed by atoms with Crippen molar-refractivity contribution < 1.29 is 14.6 Å². The summed E-state index contributed by atoms with van der Waals surface area (Å²) in [5.74, 6) is -0.0512. The monoisotopic (exact) mass is 237 g/mol. The van der Waals surface area contributed by atoms with Crippen molar-refractivity contribution in [2.75, 3.05) is 6.54 Å². The third kappa shape index (κ3) is 5.36. The first-order chi connectivity index (χ1) is 8.11. The van der Waals surface area contributed by atoms with Crippen LogP contribution >= 0.6 is 0 Å². The number of benzene rings is 1. The van der Waals surface area contributed by atoms with Gasteiger partial charge in [-0.15, -0.1) is 0 Å². The molecule has 0 bridgehead atoms. The molecule has 0 saturated carbocycles. The maximum absolute atomic E-state index is 10.6. The Morgan fingerprint density at radius 3 is 2.59 bits per heavy atom. The summed E-state index contributed by atoms with van der Waals surface area (Å²) < 4.78 is 5.68. The molecule has 1 rings (SSSR count). The molecule has 94 valence electrons. The number of hydrogen-bond donors (Lipinski definition) is 2. The van der Waals surface area contributed by atoms with Gasteiger partial charge in [-0.3, -0.25) is 4.79 Å². The van der Waals surface area contributed by atoms with Crippen LogP contribution in [0.1, 0.15) is 19.8 Å². The van der Waals surface area contributed by atoms with Gasteiger partial charge in [0.1, 0.15) is 5.75 Å². The van der Waals surface area contributed by atoms with E-state index in [9.17, 15) is 4.79 Å². The van der Waals surface area contributed by atoms with E-state index in [-0.39, 0.29) is 18.4 Å². The number of nitrogens with two attached hydrogens (primary N) is 1. The fourth-order valence-corrected chi connectivity index (χ4v) is 1.76. The number of rotatable bonds is 7. The number of carboxylic acid groups (broad SMARTS) is 1. The Morgan fingerprint density at radius 1 is 1.41 bits per heavy atom. The normalized spacial score (nSPS) is 14.0. The van der Waals surface area contributed by atoms with E-state index < -0.39 is 5.97 Å². The Kier molecular flexibility index (Phi) is 5.49. The van der Waals surface area contributed by atoms with Crippen LogP contribution in [0.5, 0.6) is 5.75 Å². The molecule has 0 saturated heterocycles. The van der Waals surface area contributed by atoms with Crippen LogP contribution < -0.4 is 10.5 Å². The van der Waals surface area contributed by atoms with Crippen molar-refractivity contribution in [3.8, 4) is 5.75 Å². The molecule has 4 nitrogen and oxygen atoms in total. The van der Waals surface area contributed by atoms with Crippen LogP contribution in [-0.4, -0.2) is 23.7 Å². The number of carboxylic acids is 1. The zero-order valence-electron chi connectivity index (χ0n) is 10.0. The fraction of sp³-hybridized carbons (Fsp3) is 0.462. The van der Waals surface area contributed by atoms with E-state index in [1.54, 1.807) is 0 Å². The smallest absolute Gasteiger partial charge is 0.303 e. The second kappa shape index (κ2) is 6.91. The molecule has 17 heavy (non-hydrogen) atoms. The minimum absolute atomic E-state index is 0.0359. The highest BCUT2D eigenvalue weighted by atomic mass is 16.5. The van der Waals surface area contributed by atoms with Gasteiger partial charge in [0.05, 0.1) is 6.10 Å². The van der Waals surface area contributed by atoms with Crippen LogP contribution in [0.2, 0.25) is 0 Å². The lowest BCUT2D eigenvalue weighted by Crippen LogP contribution is -2.24. The van der Waals surface area contributed by atoms with E-state index in [2.05, 4.69) is 0 Å². The lowest BCUT2D eigenvalue weighted by molar-refractivity contribution is -0.138. The van der Waals surface area contributed by atoms with Gasteiger partial charge < -0.3 is 15.6 Å². The molecule has 4 heteroatoms. The number of carbonyl (C=O) groups is 1. The van der Waals surface area contributed by atoms with Crippen molar-refractivity contribution in [1.82, 2.24) is 0 Å². The molecular formula is C13H19NO3. The van der Waals surface area contributed by atoms with Crippen molar-refractivity contribution in [3.63, 3.8) is 0 Å². The SMILES string of the molecule is CC(C[C@H](CN)CC(=O)O)Oc1ccccc1. The molecule has 0 spiro atoms. The molecule has 0 radical (unpaired) electrons. The second-order valence-corrected chi connectivity index (χ2v) is 4.18. The van der Waals surface area contributed by atoms with E-state index in [4.69, 9.17) is 15.6 Å². The number of para-hydroxylation sites is 1. The van der Waals surface area contributed by atoms with Crippen molar-refractivity contribution in [1.29, 1.82) is 0 Å². The number of ether oxygens (including phenoxy) is 1. The maximum Gasteiger partial charge on any atom is 0.303 e. The second-order valence-electron chi connectivity index (χ2n) is 4.18. The summed E-state index contributed by atoms with van der Waals surface area (Å²) in [5, 5.41) is 8.72. The van der Waals surface area contributed by atoms with E-state index in [1.165, 1.54) is 0 Å². The average molecular weight is 237 g/mol. The summed E-state index contributed by atoms with van der Waals surface area (Å²) >= 11 is 0. The molecule has 1 unspecified atom stereocenters. The van der Waals surface area contributed by atoms with E-state index in [0.717, 1.165) is 5.75 Å². The van der Waals surface area contributed by atoms with Gasteiger partial charge in [-0.25, -0.2) is 0 Å². The highest BCUT2D eigenvalue weighted by Crippen LogP contribution is 2.16. The summed E-state index contributed by atoms with van der Waals surface area (Å²) in [4.78, 5) is 10.6. The topological polar surface area (TPSA) is 72.6 Å². The van der Waals surface area contributed by atoms with Gasteiger partial charge in [-0.1, -0.05) is 18.2 Å². The minimum Gasteiger partial charge on any atom is -0.491 e. The lowest BCUT2D eigenvalue weighted by atomic mass is 9.99. The highest BCUT2D eigenvalue weighted by molar-refractivity contribution is 5.67. The molecule has 0 aliphatic heterocycles. The first kappa shape index (κ1) is 13.5. The van der Waals surface area contributed by atoms with Gasteiger partial charge in [-0.2, -0.15) is 0 Å². The molecule has 0 aromatic heterocycles. The van der Waals surface area contributed by atoms with E-state index in [1.807, 2.05) is 37.3 Å². The molecule has 0 fully saturated rings. The standard InChI is InChI=1S/C13H19NO3/c1-10(7-11(9-14)8-13(15)16)17-12-5-3-2-4-6-12/h2-6,10-11H,7-9,14H2,1H3,(H,15,16)/t10?,11-/m0/s1. The Morgan fingerprint density at radius 2 is 2.06 bits per heavy atom. The Bertz CT molecular complexity index is 340. The van der Waals surface area contributed by atoms with Crippen LogP contribution in [0.3, 0.4) is 0 Å². The summed E-state index contributed by atoms with van der Waals surface area (Å²) in [6, 6.07) is 9.49. The van der Waals surface area contributed by atoms with Crippen LogP contribution in [0.25, 0.3) is 0 Å². The van der Waals surface area contributed by atoms with Crippen molar-refractivity contribution in [2.24, 2.45) is 11.7 Å². The fourth-order valence-electron chi connectivity index (χ4n) is 1.76. The predicted octanol–water partition coefficient (Wildman–Crippen LogP) is 1.89. The highest BCUT2D eigenvalue weighted by Gasteiger charge is 2.16. The molecule has 3 N–H and O–H groups in total. The summed E-state index contributed by atoms with van der Waals surface area (Å²) in [5.41, 5.74) is 5.54. The predicted molar refractivity (Wildman–Crippen MR) is 65.9 cm³/mol. The first-order valence-electron chi connectivity index (χ1n) is 5.75. The van der Waals surface area contributed by atoms with Crippen molar-refractivity contribution in [3.05, 3.63) is 30.3 Å². The zero-order chi connectivity index (χ0) is 12.7. The molecule has 0 heterocycles. The zero-order valence-corrected chi connectivity index (χ0v) is 10.0. The minimum atomic E-state index is -0.813. The molecule has 0 aliphatic rings.